The molecule has 2 aliphatic carbocycles. The minimum Gasteiger partial charge on any atom is -0.469 e. The molecule has 0 aliphatic heterocycles. The van der Waals surface area contributed by atoms with Gasteiger partial charge in [0.05, 0.1) is 48.1 Å². The van der Waals surface area contributed by atoms with Crippen LogP contribution in [0, 0.1) is 38.0 Å². The highest BCUT2D eigenvalue weighted by Crippen LogP contribution is 2.33. The molecule has 14 heteroatoms. The number of carbonyl (C=O) groups excluding carboxylic acids is 2. The molecule has 2 fully saturated rings. The van der Waals surface area contributed by atoms with Crippen molar-refractivity contribution in [3.63, 3.8) is 0 Å². The number of ether oxygens (including phenoxy) is 2. The molecule has 14 nitrogen and oxygen atoms in total. The average Bonchev–Trinajstić information content (AvgIpc) is 3.62. The van der Waals surface area contributed by atoms with Gasteiger partial charge < -0.3 is 9.47 Å². The molecule has 4 rings (SSSR count). The predicted molar refractivity (Wildman–Crippen MR) is 130 cm³/mol. The highest BCUT2D eigenvalue weighted by molar-refractivity contribution is 5.72. The van der Waals surface area contributed by atoms with Gasteiger partial charge >= 0.3 is 23.3 Å². The largest absolute Gasteiger partial charge is 0.469 e. The van der Waals surface area contributed by atoms with Crippen LogP contribution in [-0.4, -0.2) is 56.0 Å². The van der Waals surface area contributed by atoms with Gasteiger partial charge in [0.25, 0.3) is 0 Å². The molecule has 2 aromatic heterocycles. The summed E-state index contributed by atoms with van der Waals surface area (Å²) in [4.78, 5) is 41.8. The minimum absolute atomic E-state index is 0.00471. The smallest absolute Gasteiger partial charge is 0.308 e. The van der Waals surface area contributed by atoms with Crippen LogP contribution in [0.4, 0.5) is 11.4 Å². The van der Waals surface area contributed by atoms with Crippen LogP contribution >= 0.6 is 0 Å². The van der Waals surface area contributed by atoms with Crippen LogP contribution in [0.1, 0.15) is 64.3 Å². The molecule has 0 saturated heterocycles. The molecular formula is C23H34N6O8. The molecule has 0 amide bonds. The van der Waals surface area contributed by atoms with Crippen molar-refractivity contribution in [3.8, 4) is 0 Å². The first-order valence-electron chi connectivity index (χ1n) is 12.1. The van der Waals surface area contributed by atoms with Gasteiger partial charge in [-0.25, -0.2) is 0 Å². The minimum atomic E-state index is -0.510. The molecule has 204 valence electrons. The Morgan fingerprint density at radius 3 is 1.78 bits per heavy atom. The molecule has 0 aromatic carbocycles. The third-order valence-electron chi connectivity index (χ3n) is 6.65. The number of esters is 2. The standard InChI is InChI=1S/C11H15N3O4.C9H16O2.C3H3N3O2/c1-18-11(15)8-2-4-9(5-3-8)13-7-10(6-12-13)14(16)17;1-7-3-5-8(6-4-7)9(10)11-2;7-6(8)3-1-4-5-2-3/h6-9H,2-5H2,1H3;7-8H,3-6H2,1-2H3;1-2H,(H,4,5). The van der Waals surface area contributed by atoms with Crippen LogP contribution in [0.25, 0.3) is 0 Å². The van der Waals surface area contributed by atoms with Crippen LogP contribution in [0.5, 0.6) is 0 Å². The first-order chi connectivity index (χ1) is 17.7. The summed E-state index contributed by atoms with van der Waals surface area (Å²) in [5.41, 5.74) is -0.00455. The maximum absolute atomic E-state index is 11.4. The maximum Gasteiger partial charge on any atom is 0.308 e. The number of aromatic amines is 1. The zero-order valence-electron chi connectivity index (χ0n) is 21.3. The van der Waals surface area contributed by atoms with E-state index in [4.69, 9.17) is 4.74 Å². The van der Waals surface area contributed by atoms with Crippen molar-refractivity contribution in [1.29, 1.82) is 0 Å². The fraction of sp³-hybridized carbons (Fsp3) is 0.652. The van der Waals surface area contributed by atoms with Crippen LogP contribution in [0.15, 0.2) is 24.8 Å². The lowest BCUT2D eigenvalue weighted by Crippen LogP contribution is -2.24. The number of hydrogen-bond acceptors (Lipinski definition) is 10. The van der Waals surface area contributed by atoms with Crippen molar-refractivity contribution in [2.24, 2.45) is 17.8 Å². The quantitative estimate of drug-likeness (QED) is 0.342. The zero-order chi connectivity index (χ0) is 27.4. The molecule has 2 saturated carbocycles. The van der Waals surface area contributed by atoms with Crippen molar-refractivity contribution in [3.05, 3.63) is 45.0 Å². The fourth-order valence-electron chi connectivity index (χ4n) is 4.37. The van der Waals surface area contributed by atoms with Crippen LogP contribution in [-0.2, 0) is 19.1 Å². The van der Waals surface area contributed by atoms with Gasteiger partial charge in [-0.05, 0) is 57.3 Å². The van der Waals surface area contributed by atoms with E-state index < -0.39 is 9.85 Å². The Labute approximate surface area is 214 Å². The Morgan fingerprint density at radius 2 is 1.41 bits per heavy atom. The van der Waals surface area contributed by atoms with Crippen molar-refractivity contribution >= 4 is 23.3 Å². The number of nitro groups is 2. The summed E-state index contributed by atoms with van der Waals surface area (Å²) < 4.78 is 11.0. The SMILES string of the molecule is COC(=O)C1CCC(C)CC1.COC(=O)C1CCC(n2cc([N+](=O)[O-])cn2)CC1.O=[N+]([O-])c1cn[nH]c1. The van der Waals surface area contributed by atoms with E-state index in [1.165, 1.54) is 45.7 Å². The van der Waals surface area contributed by atoms with E-state index >= 15 is 0 Å². The first-order valence-corrected chi connectivity index (χ1v) is 12.1. The topological polar surface area (TPSA) is 185 Å². The highest BCUT2D eigenvalue weighted by atomic mass is 16.6. The summed E-state index contributed by atoms with van der Waals surface area (Å²) in [6, 6.07) is 0.139. The molecule has 2 aromatic rings. The van der Waals surface area contributed by atoms with Gasteiger partial charge in [0.15, 0.2) is 0 Å². The normalized spacial score (nSPS) is 22.8. The van der Waals surface area contributed by atoms with Crippen molar-refractivity contribution in [2.75, 3.05) is 14.2 Å². The van der Waals surface area contributed by atoms with E-state index in [2.05, 4.69) is 27.0 Å². The molecular weight excluding hydrogens is 488 g/mol. The van der Waals surface area contributed by atoms with Crippen LogP contribution in [0.2, 0.25) is 0 Å². The monoisotopic (exact) mass is 522 g/mol. The van der Waals surface area contributed by atoms with Gasteiger partial charge in [0, 0.05) is 0 Å². The average molecular weight is 523 g/mol. The second-order valence-electron chi connectivity index (χ2n) is 9.16. The number of methoxy groups -OCH3 is 2. The van der Waals surface area contributed by atoms with Gasteiger partial charge in [-0.1, -0.05) is 6.92 Å². The van der Waals surface area contributed by atoms with Gasteiger partial charge in [-0.3, -0.25) is 39.6 Å². The van der Waals surface area contributed by atoms with E-state index in [0.717, 1.165) is 50.6 Å². The first kappa shape index (κ1) is 29.4. The van der Waals surface area contributed by atoms with Gasteiger partial charge in [0.2, 0.25) is 0 Å². The van der Waals surface area contributed by atoms with Crippen LogP contribution in [0.3, 0.4) is 0 Å². The van der Waals surface area contributed by atoms with E-state index in [0.29, 0.717) is 0 Å². The highest BCUT2D eigenvalue weighted by Gasteiger charge is 2.28. The van der Waals surface area contributed by atoms with Gasteiger partial charge in [-0.15, -0.1) is 0 Å². The van der Waals surface area contributed by atoms with E-state index in [1.807, 2.05) is 0 Å². The molecule has 0 atom stereocenters. The molecule has 2 heterocycles. The molecule has 0 radical (unpaired) electrons. The summed E-state index contributed by atoms with van der Waals surface area (Å²) in [7, 11) is 2.87. The number of nitrogens with zero attached hydrogens (tertiary/aromatic N) is 5. The van der Waals surface area contributed by atoms with Gasteiger partial charge in [-0.2, -0.15) is 10.2 Å². The number of aromatic nitrogens is 4. The third kappa shape index (κ3) is 9.28. The van der Waals surface area contributed by atoms with E-state index in [1.54, 1.807) is 4.68 Å². The van der Waals surface area contributed by atoms with Crippen LogP contribution < -0.4 is 0 Å². The zero-order valence-corrected chi connectivity index (χ0v) is 21.3. The maximum atomic E-state index is 11.4. The van der Waals surface area contributed by atoms with Crippen molar-refractivity contribution in [2.45, 2.75) is 64.3 Å². The lowest BCUT2D eigenvalue weighted by Gasteiger charge is -2.26. The third-order valence-corrected chi connectivity index (χ3v) is 6.65. The Hall–Kier alpha value is -3.84. The van der Waals surface area contributed by atoms with Crippen molar-refractivity contribution < 1.29 is 28.9 Å². The van der Waals surface area contributed by atoms with Gasteiger partial charge in [0.1, 0.15) is 18.6 Å². The number of rotatable bonds is 5. The number of nitrogens with one attached hydrogen (secondary N) is 1. The number of carbonyl (C=O) groups is 2. The van der Waals surface area contributed by atoms with E-state index in [-0.39, 0.29) is 41.2 Å². The molecule has 1 N–H and O–H groups in total. The molecule has 0 spiro atoms. The Kier molecular flexibility index (Phi) is 11.6. The predicted octanol–water partition coefficient (Wildman–Crippen LogP) is 4.00. The molecule has 0 bridgehead atoms. The van der Waals surface area contributed by atoms with E-state index in [9.17, 15) is 29.8 Å². The summed E-state index contributed by atoms with van der Waals surface area (Å²) in [6.07, 6.45) is 12.5. The second kappa shape index (κ2) is 14.7. The number of hydrogen-bond donors (Lipinski definition) is 1. The summed E-state index contributed by atoms with van der Waals surface area (Å²) in [5, 5.41) is 30.1. The molecule has 37 heavy (non-hydrogen) atoms. The molecule has 0 unspecified atom stereocenters. The summed E-state index contributed by atoms with van der Waals surface area (Å²) >= 11 is 0. The Balaban J connectivity index is 0.000000215. The van der Waals surface area contributed by atoms with Crippen molar-refractivity contribution in [1.82, 2.24) is 20.0 Å². The Bertz CT molecular complexity index is 1010. The lowest BCUT2D eigenvalue weighted by molar-refractivity contribution is -0.385. The fourth-order valence-corrected chi connectivity index (χ4v) is 4.37. The Morgan fingerprint density at radius 1 is 0.892 bits per heavy atom. The summed E-state index contributed by atoms with van der Waals surface area (Å²) in [6.45, 7) is 2.24. The lowest BCUT2D eigenvalue weighted by atomic mass is 9.83. The summed E-state index contributed by atoms with van der Waals surface area (Å²) in [5.74, 6) is 0.765. The molecule has 2 aliphatic rings. The number of H-pyrrole nitrogens is 1. The second-order valence-corrected chi connectivity index (χ2v) is 9.16.